The van der Waals surface area contributed by atoms with Gasteiger partial charge < -0.3 is 20.1 Å². The van der Waals surface area contributed by atoms with E-state index in [-0.39, 0.29) is 5.92 Å². The average Bonchev–Trinajstić information content (AvgIpc) is 2.32. The van der Waals surface area contributed by atoms with Crippen LogP contribution in [0.25, 0.3) is 0 Å². The Labute approximate surface area is 94.1 Å². The molecule has 1 aliphatic rings. The van der Waals surface area contributed by atoms with Gasteiger partial charge in [-0.1, -0.05) is 37.3 Å². The first-order valence-corrected chi connectivity index (χ1v) is 5.36. The third-order valence-corrected chi connectivity index (χ3v) is 3.07. The van der Waals surface area contributed by atoms with Crippen molar-refractivity contribution in [1.82, 2.24) is 0 Å². The Bertz CT molecular complexity index is 340. The monoisotopic (exact) mass is 224 g/mol. The number of benzene rings is 1. The summed E-state index contributed by atoms with van der Waals surface area (Å²) < 4.78 is 5.31. The Kier molecular flexibility index (Phi) is 3.25. The summed E-state index contributed by atoms with van der Waals surface area (Å²) in [6.45, 7) is 1.79. The largest absolute Gasteiger partial charge is 0.390 e. The lowest BCUT2D eigenvalue weighted by atomic mass is 9.87. The third kappa shape index (κ3) is 1.97. The first-order chi connectivity index (χ1) is 7.61. The van der Waals surface area contributed by atoms with Crippen LogP contribution in [-0.2, 0) is 4.74 Å². The van der Waals surface area contributed by atoms with E-state index in [0.717, 1.165) is 5.56 Å². The van der Waals surface area contributed by atoms with Gasteiger partial charge in [0.15, 0.2) is 6.29 Å². The number of aliphatic hydroxyl groups excluding tert-OH is 3. The minimum Gasteiger partial charge on any atom is -0.390 e. The summed E-state index contributed by atoms with van der Waals surface area (Å²) in [5.41, 5.74) is 0.889. The maximum absolute atomic E-state index is 9.76. The lowest BCUT2D eigenvalue weighted by molar-refractivity contribution is -0.268. The van der Waals surface area contributed by atoms with E-state index >= 15 is 0 Å². The first kappa shape index (κ1) is 11.5. The number of rotatable bonds is 1. The maximum atomic E-state index is 9.76. The van der Waals surface area contributed by atoms with Crippen LogP contribution in [-0.4, -0.2) is 33.8 Å². The lowest BCUT2D eigenvalue weighted by Gasteiger charge is -2.39. The molecule has 1 heterocycles. The third-order valence-electron chi connectivity index (χ3n) is 3.07. The predicted molar refractivity (Wildman–Crippen MR) is 57.5 cm³/mol. The second-order valence-electron chi connectivity index (χ2n) is 4.20. The van der Waals surface area contributed by atoms with Crippen molar-refractivity contribution >= 4 is 0 Å². The molecule has 0 amide bonds. The van der Waals surface area contributed by atoms with E-state index in [0.29, 0.717) is 0 Å². The van der Waals surface area contributed by atoms with Crippen LogP contribution in [0.2, 0.25) is 0 Å². The SMILES string of the molecule is C[C@@H]1[C@@H](O)[C@@H](O)C(O)O[C@@H]1c1ccccc1. The molecule has 88 valence electrons. The Hall–Kier alpha value is -0.940. The lowest BCUT2D eigenvalue weighted by Crippen LogP contribution is -2.50. The fraction of sp³-hybridized carbons (Fsp3) is 0.500. The molecule has 1 saturated heterocycles. The van der Waals surface area contributed by atoms with Crippen LogP contribution in [0.3, 0.4) is 0 Å². The summed E-state index contributed by atoms with van der Waals surface area (Å²) in [5.74, 6) is -0.263. The summed E-state index contributed by atoms with van der Waals surface area (Å²) in [5, 5.41) is 28.7. The number of aliphatic hydroxyl groups is 3. The molecule has 0 aliphatic carbocycles. The molecule has 1 fully saturated rings. The summed E-state index contributed by atoms with van der Waals surface area (Å²) in [6.07, 6.45) is -3.95. The summed E-state index contributed by atoms with van der Waals surface area (Å²) in [6, 6.07) is 9.37. The van der Waals surface area contributed by atoms with Gasteiger partial charge in [-0.25, -0.2) is 0 Å². The van der Waals surface area contributed by atoms with E-state index < -0.39 is 24.6 Å². The van der Waals surface area contributed by atoms with Gasteiger partial charge in [-0.2, -0.15) is 0 Å². The Morgan fingerprint density at radius 2 is 1.62 bits per heavy atom. The van der Waals surface area contributed by atoms with Crippen LogP contribution in [0.15, 0.2) is 30.3 Å². The van der Waals surface area contributed by atoms with Crippen LogP contribution < -0.4 is 0 Å². The van der Waals surface area contributed by atoms with E-state index in [1.54, 1.807) is 6.92 Å². The molecule has 5 atom stereocenters. The molecule has 0 bridgehead atoms. The van der Waals surface area contributed by atoms with Gasteiger partial charge in [0.1, 0.15) is 6.10 Å². The van der Waals surface area contributed by atoms with Crippen molar-refractivity contribution < 1.29 is 20.1 Å². The summed E-state index contributed by atoms with van der Waals surface area (Å²) in [7, 11) is 0. The molecule has 2 rings (SSSR count). The number of ether oxygens (including phenoxy) is 1. The van der Waals surface area contributed by atoms with Gasteiger partial charge in [-0.3, -0.25) is 0 Å². The number of hydrogen-bond donors (Lipinski definition) is 3. The van der Waals surface area contributed by atoms with Gasteiger partial charge in [0.25, 0.3) is 0 Å². The quantitative estimate of drug-likeness (QED) is 0.647. The zero-order valence-electron chi connectivity index (χ0n) is 9.02. The normalized spacial score (nSPS) is 39.6. The van der Waals surface area contributed by atoms with E-state index in [2.05, 4.69) is 0 Å². The standard InChI is InChI=1S/C12H16O4/c1-7-9(13)10(14)12(15)16-11(7)8-5-3-2-4-6-8/h2-7,9-15H,1H3/t7-,9-,10-,11+,12?/m1/s1. The van der Waals surface area contributed by atoms with E-state index in [1.165, 1.54) is 0 Å². The second-order valence-corrected chi connectivity index (χ2v) is 4.20. The molecule has 3 N–H and O–H groups in total. The molecular weight excluding hydrogens is 208 g/mol. The van der Waals surface area contributed by atoms with Gasteiger partial charge in [0.2, 0.25) is 0 Å². The van der Waals surface area contributed by atoms with Crippen molar-refractivity contribution in [2.75, 3.05) is 0 Å². The van der Waals surface area contributed by atoms with Crippen LogP contribution in [0.4, 0.5) is 0 Å². The van der Waals surface area contributed by atoms with Gasteiger partial charge in [-0.15, -0.1) is 0 Å². The van der Waals surface area contributed by atoms with Crippen molar-refractivity contribution in [3.05, 3.63) is 35.9 Å². The zero-order chi connectivity index (χ0) is 11.7. The molecule has 4 nitrogen and oxygen atoms in total. The molecule has 0 radical (unpaired) electrons. The topological polar surface area (TPSA) is 69.9 Å². The summed E-state index contributed by atoms with van der Waals surface area (Å²) in [4.78, 5) is 0. The van der Waals surface area contributed by atoms with Gasteiger partial charge in [0.05, 0.1) is 12.2 Å². The van der Waals surface area contributed by atoms with Crippen LogP contribution in [0.5, 0.6) is 0 Å². The Morgan fingerprint density at radius 3 is 2.25 bits per heavy atom. The first-order valence-electron chi connectivity index (χ1n) is 5.36. The van der Waals surface area contributed by atoms with Crippen molar-refractivity contribution in [1.29, 1.82) is 0 Å². The smallest absolute Gasteiger partial charge is 0.184 e. The highest BCUT2D eigenvalue weighted by Gasteiger charge is 2.41. The maximum Gasteiger partial charge on any atom is 0.184 e. The molecule has 4 heteroatoms. The molecule has 1 aromatic carbocycles. The van der Waals surface area contributed by atoms with E-state index in [9.17, 15) is 15.3 Å². The van der Waals surface area contributed by atoms with Crippen molar-refractivity contribution in [2.24, 2.45) is 5.92 Å². The second kappa shape index (κ2) is 4.51. The fourth-order valence-corrected chi connectivity index (χ4v) is 2.04. The van der Waals surface area contributed by atoms with E-state index in [4.69, 9.17) is 4.74 Å². The zero-order valence-corrected chi connectivity index (χ0v) is 9.02. The van der Waals surface area contributed by atoms with Crippen molar-refractivity contribution in [3.8, 4) is 0 Å². The summed E-state index contributed by atoms with van der Waals surface area (Å²) >= 11 is 0. The van der Waals surface area contributed by atoms with Crippen molar-refractivity contribution in [3.63, 3.8) is 0 Å². The molecule has 1 unspecified atom stereocenters. The van der Waals surface area contributed by atoms with Crippen molar-refractivity contribution in [2.45, 2.75) is 31.5 Å². The molecular formula is C12H16O4. The number of hydrogen-bond acceptors (Lipinski definition) is 4. The fourth-order valence-electron chi connectivity index (χ4n) is 2.04. The minimum atomic E-state index is -1.34. The Morgan fingerprint density at radius 1 is 1.00 bits per heavy atom. The van der Waals surface area contributed by atoms with E-state index in [1.807, 2.05) is 30.3 Å². The average molecular weight is 224 g/mol. The molecule has 0 saturated carbocycles. The highest BCUT2D eigenvalue weighted by atomic mass is 16.6. The predicted octanol–water partition coefficient (Wildman–Crippen LogP) is 0.434. The van der Waals surface area contributed by atoms with Crippen LogP contribution in [0.1, 0.15) is 18.6 Å². The minimum absolute atomic E-state index is 0.263. The van der Waals surface area contributed by atoms with Gasteiger partial charge in [-0.05, 0) is 5.56 Å². The van der Waals surface area contributed by atoms with Gasteiger partial charge >= 0.3 is 0 Å². The highest BCUT2D eigenvalue weighted by molar-refractivity contribution is 5.19. The molecule has 0 spiro atoms. The van der Waals surface area contributed by atoms with Gasteiger partial charge in [0, 0.05) is 5.92 Å². The molecule has 1 aromatic rings. The molecule has 1 aliphatic heterocycles. The molecule has 0 aromatic heterocycles. The van der Waals surface area contributed by atoms with Crippen LogP contribution >= 0.6 is 0 Å². The Balaban J connectivity index is 2.23. The van der Waals surface area contributed by atoms with Crippen LogP contribution in [0, 0.1) is 5.92 Å². The molecule has 16 heavy (non-hydrogen) atoms. The highest BCUT2D eigenvalue weighted by Crippen LogP contribution is 2.35.